The Morgan fingerprint density at radius 2 is 1.75 bits per heavy atom. The molecule has 0 saturated carbocycles. The van der Waals surface area contributed by atoms with Crippen LogP contribution in [0.25, 0.3) is 0 Å². The van der Waals surface area contributed by atoms with E-state index in [2.05, 4.69) is 0 Å². The number of carbonyl (C=O) groups is 2. The molecule has 0 bridgehead atoms. The standard InChI is InChI=1S/C16H22N2O5S/c1-12(2)18(11-16(20)21)24(22,23)15-5-3-13(4-6-15)17-9-7-14(19)8-10-17/h3-6,12H,7-11H2,1-2H3,(H,20,21). The average Bonchev–Trinajstić information content (AvgIpc) is 2.53. The van der Waals surface area contributed by atoms with Crippen LogP contribution < -0.4 is 4.90 Å². The van der Waals surface area contributed by atoms with Gasteiger partial charge in [-0.1, -0.05) is 0 Å². The molecule has 24 heavy (non-hydrogen) atoms. The zero-order valence-electron chi connectivity index (χ0n) is 13.8. The Labute approximate surface area is 141 Å². The maximum atomic E-state index is 12.6. The van der Waals surface area contributed by atoms with E-state index in [1.54, 1.807) is 26.0 Å². The zero-order valence-corrected chi connectivity index (χ0v) is 14.6. The van der Waals surface area contributed by atoms with E-state index >= 15 is 0 Å². The first-order valence-electron chi connectivity index (χ1n) is 7.82. The van der Waals surface area contributed by atoms with Crippen LogP contribution in [0.3, 0.4) is 0 Å². The highest BCUT2D eigenvalue weighted by atomic mass is 32.2. The Morgan fingerprint density at radius 1 is 1.21 bits per heavy atom. The SMILES string of the molecule is CC(C)N(CC(=O)O)S(=O)(=O)c1ccc(N2CCC(=O)CC2)cc1. The Hall–Kier alpha value is -1.93. The molecule has 0 aromatic heterocycles. The first kappa shape index (κ1) is 18.4. The minimum atomic E-state index is -3.87. The van der Waals surface area contributed by atoms with Crippen LogP contribution >= 0.6 is 0 Å². The van der Waals surface area contributed by atoms with Crippen LogP contribution in [-0.4, -0.2) is 55.3 Å². The highest BCUT2D eigenvalue weighted by Crippen LogP contribution is 2.23. The fourth-order valence-corrected chi connectivity index (χ4v) is 4.24. The average molecular weight is 354 g/mol. The minimum Gasteiger partial charge on any atom is -0.480 e. The number of carbonyl (C=O) groups excluding carboxylic acids is 1. The number of rotatable bonds is 6. The van der Waals surface area contributed by atoms with Crippen LogP contribution in [0, 0.1) is 0 Å². The number of hydrogen-bond acceptors (Lipinski definition) is 5. The number of benzene rings is 1. The van der Waals surface area contributed by atoms with Gasteiger partial charge in [-0.2, -0.15) is 4.31 Å². The molecule has 2 rings (SSSR count). The summed E-state index contributed by atoms with van der Waals surface area (Å²) >= 11 is 0. The predicted molar refractivity (Wildman–Crippen MR) is 89.6 cm³/mol. The molecule has 0 radical (unpaired) electrons. The topological polar surface area (TPSA) is 95.0 Å². The summed E-state index contributed by atoms with van der Waals surface area (Å²) < 4.78 is 26.3. The van der Waals surface area contributed by atoms with E-state index in [1.807, 2.05) is 4.90 Å². The maximum absolute atomic E-state index is 12.6. The van der Waals surface area contributed by atoms with E-state index in [0.717, 1.165) is 9.99 Å². The molecular weight excluding hydrogens is 332 g/mol. The summed E-state index contributed by atoms with van der Waals surface area (Å²) in [4.78, 5) is 24.3. The molecule has 1 saturated heterocycles. The van der Waals surface area contributed by atoms with Gasteiger partial charge in [-0.3, -0.25) is 9.59 Å². The molecule has 0 unspecified atom stereocenters. The third-order valence-corrected chi connectivity index (χ3v) is 6.03. The van der Waals surface area contributed by atoms with Gasteiger partial charge in [0.1, 0.15) is 12.3 Å². The zero-order chi connectivity index (χ0) is 17.9. The number of carboxylic acid groups (broad SMARTS) is 1. The molecule has 1 aromatic carbocycles. The van der Waals surface area contributed by atoms with Gasteiger partial charge in [0.05, 0.1) is 4.90 Å². The van der Waals surface area contributed by atoms with Crippen LogP contribution in [0.4, 0.5) is 5.69 Å². The highest BCUT2D eigenvalue weighted by Gasteiger charge is 2.29. The number of hydrogen-bond donors (Lipinski definition) is 1. The Balaban J connectivity index is 2.22. The van der Waals surface area contributed by atoms with Crippen molar-refractivity contribution in [3.05, 3.63) is 24.3 Å². The molecule has 1 aliphatic rings. The van der Waals surface area contributed by atoms with Gasteiger partial charge in [-0.25, -0.2) is 8.42 Å². The molecule has 1 fully saturated rings. The van der Waals surface area contributed by atoms with Gasteiger partial charge in [0.2, 0.25) is 10.0 Å². The van der Waals surface area contributed by atoms with Gasteiger partial charge in [0.25, 0.3) is 0 Å². The number of sulfonamides is 1. The van der Waals surface area contributed by atoms with E-state index < -0.39 is 28.6 Å². The van der Waals surface area contributed by atoms with E-state index in [1.165, 1.54) is 12.1 Å². The molecule has 0 spiro atoms. The van der Waals surface area contributed by atoms with Gasteiger partial charge in [0.15, 0.2) is 0 Å². The number of anilines is 1. The van der Waals surface area contributed by atoms with Crippen LogP contribution in [0.1, 0.15) is 26.7 Å². The van der Waals surface area contributed by atoms with Crippen LogP contribution in [-0.2, 0) is 19.6 Å². The lowest BCUT2D eigenvalue weighted by atomic mass is 10.1. The molecule has 8 heteroatoms. The van der Waals surface area contributed by atoms with Crippen molar-refractivity contribution < 1.29 is 23.1 Å². The molecule has 1 N–H and O–H groups in total. The molecule has 0 amide bonds. The number of nitrogens with zero attached hydrogens (tertiary/aromatic N) is 2. The first-order valence-corrected chi connectivity index (χ1v) is 9.26. The number of ketones is 1. The second kappa shape index (κ2) is 7.31. The van der Waals surface area contributed by atoms with Crippen molar-refractivity contribution in [2.45, 2.75) is 37.6 Å². The van der Waals surface area contributed by atoms with Crippen LogP contribution in [0.2, 0.25) is 0 Å². The molecule has 0 aliphatic carbocycles. The maximum Gasteiger partial charge on any atom is 0.318 e. The molecule has 1 aromatic rings. The van der Waals surface area contributed by atoms with Crippen molar-refractivity contribution in [2.75, 3.05) is 24.5 Å². The Bertz CT molecular complexity index is 702. The lowest BCUT2D eigenvalue weighted by Crippen LogP contribution is -2.40. The molecule has 132 valence electrons. The van der Waals surface area contributed by atoms with Crippen LogP contribution in [0.5, 0.6) is 0 Å². The van der Waals surface area contributed by atoms with Crippen LogP contribution in [0.15, 0.2) is 29.2 Å². The van der Waals surface area contributed by atoms with E-state index in [4.69, 9.17) is 5.11 Å². The van der Waals surface area contributed by atoms with Gasteiger partial charge >= 0.3 is 5.97 Å². The lowest BCUT2D eigenvalue weighted by molar-refractivity contribution is -0.137. The number of piperidine rings is 1. The smallest absolute Gasteiger partial charge is 0.318 e. The molecule has 1 heterocycles. The predicted octanol–water partition coefficient (Wildman–Crippen LogP) is 1.34. The highest BCUT2D eigenvalue weighted by molar-refractivity contribution is 7.89. The third kappa shape index (κ3) is 4.12. The van der Waals surface area contributed by atoms with Gasteiger partial charge in [-0.15, -0.1) is 0 Å². The van der Waals surface area contributed by atoms with Gasteiger partial charge < -0.3 is 10.0 Å². The summed E-state index contributed by atoms with van der Waals surface area (Å²) in [5.41, 5.74) is 0.857. The number of carboxylic acids is 1. The monoisotopic (exact) mass is 354 g/mol. The number of aliphatic carboxylic acids is 1. The Morgan fingerprint density at radius 3 is 2.21 bits per heavy atom. The van der Waals surface area contributed by atoms with E-state index in [-0.39, 0.29) is 10.7 Å². The normalized spacial score (nSPS) is 16.0. The third-order valence-electron chi connectivity index (χ3n) is 4.00. The summed E-state index contributed by atoms with van der Waals surface area (Å²) in [6.07, 6.45) is 1.000. The van der Waals surface area contributed by atoms with Gasteiger partial charge in [0, 0.05) is 37.7 Å². The summed E-state index contributed by atoms with van der Waals surface area (Å²) in [5, 5.41) is 8.94. The second-order valence-corrected chi connectivity index (χ2v) is 7.95. The fraction of sp³-hybridized carbons (Fsp3) is 0.500. The van der Waals surface area contributed by atoms with Crippen molar-refractivity contribution in [1.29, 1.82) is 0 Å². The first-order chi connectivity index (χ1) is 11.2. The van der Waals surface area contributed by atoms with Crippen molar-refractivity contribution >= 4 is 27.5 Å². The lowest BCUT2D eigenvalue weighted by Gasteiger charge is -2.28. The van der Waals surface area contributed by atoms with Gasteiger partial charge in [-0.05, 0) is 38.1 Å². The molecule has 1 aliphatic heterocycles. The summed E-state index contributed by atoms with van der Waals surface area (Å²) in [7, 11) is -3.87. The van der Waals surface area contributed by atoms with Crippen molar-refractivity contribution in [3.63, 3.8) is 0 Å². The molecular formula is C16H22N2O5S. The quantitative estimate of drug-likeness (QED) is 0.828. The fourth-order valence-electron chi connectivity index (χ4n) is 2.66. The Kier molecular flexibility index (Phi) is 5.61. The van der Waals surface area contributed by atoms with E-state index in [9.17, 15) is 18.0 Å². The summed E-state index contributed by atoms with van der Waals surface area (Å²) in [6, 6.07) is 5.90. The summed E-state index contributed by atoms with van der Waals surface area (Å²) in [6.45, 7) is 3.96. The van der Waals surface area contributed by atoms with Crippen molar-refractivity contribution in [2.24, 2.45) is 0 Å². The molecule has 0 atom stereocenters. The van der Waals surface area contributed by atoms with Crippen molar-refractivity contribution in [3.8, 4) is 0 Å². The second-order valence-electron chi connectivity index (χ2n) is 6.06. The minimum absolute atomic E-state index is 0.0642. The van der Waals surface area contributed by atoms with E-state index in [0.29, 0.717) is 25.9 Å². The van der Waals surface area contributed by atoms with Crippen molar-refractivity contribution in [1.82, 2.24) is 4.31 Å². The number of Topliss-reactive ketones (excluding diaryl/α,β-unsaturated/α-hetero) is 1. The largest absolute Gasteiger partial charge is 0.480 e. The molecule has 7 nitrogen and oxygen atoms in total. The summed E-state index contributed by atoms with van der Waals surface area (Å²) in [5.74, 6) is -0.950.